The first-order valence-corrected chi connectivity index (χ1v) is 16.1. The molecular formula is C42H27BN2O3. The minimum atomic E-state index is -1.62. The highest BCUT2D eigenvalue weighted by Gasteiger charge is 2.23. The number of rotatable bonds is 4. The van der Waals surface area contributed by atoms with Crippen molar-refractivity contribution in [3.8, 4) is 22.5 Å². The van der Waals surface area contributed by atoms with Crippen LogP contribution in [0.1, 0.15) is 0 Å². The predicted molar refractivity (Wildman–Crippen MR) is 198 cm³/mol. The van der Waals surface area contributed by atoms with Crippen LogP contribution >= 0.6 is 0 Å². The lowest BCUT2D eigenvalue weighted by Crippen LogP contribution is -2.29. The number of nitrogens with zero attached hydrogens (tertiary/aromatic N) is 2. The maximum atomic E-state index is 10.1. The smallest absolute Gasteiger partial charge is 0.456 e. The van der Waals surface area contributed by atoms with E-state index in [-0.39, 0.29) is 0 Å². The molecule has 10 rings (SSSR count). The number of hydrogen-bond donors (Lipinski definition) is 2. The maximum absolute atomic E-state index is 10.1. The van der Waals surface area contributed by atoms with Gasteiger partial charge < -0.3 is 23.6 Å². The number of benzene rings is 7. The second-order valence-corrected chi connectivity index (χ2v) is 12.3. The zero-order valence-corrected chi connectivity index (χ0v) is 25.7. The highest BCUT2D eigenvalue weighted by atomic mass is 16.4. The second kappa shape index (κ2) is 10.2. The Kier molecular flexibility index (Phi) is 5.76. The summed E-state index contributed by atoms with van der Waals surface area (Å²) in [5, 5.41) is 26.6. The van der Waals surface area contributed by atoms with E-state index in [1.54, 1.807) is 6.07 Å². The van der Waals surface area contributed by atoms with Crippen LogP contribution < -0.4 is 5.46 Å². The molecule has 2 N–H and O–H groups in total. The van der Waals surface area contributed by atoms with Gasteiger partial charge in [-0.2, -0.15) is 0 Å². The largest absolute Gasteiger partial charge is 0.492 e. The molecule has 48 heavy (non-hydrogen) atoms. The lowest BCUT2D eigenvalue weighted by atomic mass is 9.79. The van der Waals surface area contributed by atoms with Gasteiger partial charge in [0.05, 0.1) is 22.1 Å². The molecule has 0 bridgehead atoms. The summed E-state index contributed by atoms with van der Waals surface area (Å²) in [4.78, 5) is 0. The van der Waals surface area contributed by atoms with Crippen molar-refractivity contribution in [2.24, 2.45) is 0 Å². The summed E-state index contributed by atoms with van der Waals surface area (Å²) < 4.78 is 11.2. The third-order valence-corrected chi connectivity index (χ3v) is 9.73. The van der Waals surface area contributed by atoms with Crippen molar-refractivity contribution in [3.63, 3.8) is 0 Å². The van der Waals surface area contributed by atoms with E-state index in [1.165, 1.54) is 16.3 Å². The minimum Gasteiger partial charge on any atom is -0.456 e. The van der Waals surface area contributed by atoms with Gasteiger partial charge in [0.15, 0.2) is 0 Å². The summed E-state index contributed by atoms with van der Waals surface area (Å²) in [7, 11) is -1.62. The fourth-order valence-corrected chi connectivity index (χ4v) is 7.68. The summed E-state index contributed by atoms with van der Waals surface area (Å²) in [5.74, 6) is 0. The molecule has 3 aromatic heterocycles. The Balaban J connectivity index is 1.33. The zero-order chi connectivity index (χ0) is 31.9. The highest BCUT2D eigenvalue weighted by molar-refractivity contribution is 6.61. The third-order valence-electron chi connectivity index (χ3n) is 9.73. The van der Waals surface area contributed by atoms with E-state index < -0.39 is 7.12 Å². The Bertz CT molecular complexity index is 2870. The summed E-state index contributed by atoms with van der Waals surface area (Å²) >= 11 is 0. The average molecular weight is 619 g/mol. The van der Waals surface area contributed by atoms with Gasteiger partial charge in [-0.15, -0.1) is 0 Å². The van der Waals surface area contributed by atoms with Crippen molar-refractivity contribution in [2.75, 3.05) is 0 Å². The van der Waals surface area contributed by atoms with Gasteiger partial charge >= 0.3 is 7.12 Å². The normalized spacial score (nSPS) is 12.0. The van der Waals surface area contributed by atoms with E-state index in [0.717, 1.165) is 66.2 Å². The first-order valence-electron chi connectivity index (χ1n) is 16.1. The van der Waals surface area contributed by atoms with E-state index in [9.17, 15) is 10.0 Å². The summed E-state index contributed by atoms with van der Waals surface area (Å²) in [6, 6.07) is 52.6. The van der Waals surface area contributed by atoms with Crippen LogP contribution in [0.25, 0.3) is 88.1 Å². The fraction of sp³-hybridized carbons (Fsp3) is 0. The maximum Gasteiger partial charge on any atom is 0.492 e. The van der Waals surface area contributed by atoms with Gasteiger partial charge in [0.2, 0.25) is 0 Å². The molecule has 0 fully saturated rings. The molecule has 0 amide bonds. The van der Waals surface area contributed by atoms with Crippen LogP contribution in [0, 0.1) is 0 Å². The van der Waals surface area contributed by atoms with Crippen LogP contribution in [0.3, 0.4) is 0 Å². The molecule has 0 spiro atoms. The topological polar surface area (TPSA) is 63.5 Å². The molecule has 0 unspecified atom stereocenters. The van der Waals surface area contributed by atoms with Crippen LogP contribution in [0.4, 0.5) is 0 Å². The molecule has 10 aromatic rings. The lowest BCUT2D eigenvalue weighted by molar-refractivity contribution is 0.425. The van der Waals surface area contributed by atoms with Gasteiger partial charge in [-0.1, -0.05) is 109 Å². The number of fused-ring (bicyclic) bond motifs is 10. The van der Waals surface area contributed by atoms with Crippen molar-refractivity contribution in [2.45, 2.75) is 0 Å². The molecule has 0 aliphatic heterocycles. The number of para-hydroxylation sites is 5. The van der Waals surface area contributed by atoms with Crippen LogP contribution in [-0.4, -0.2) is 26.3 Å². The Morgan fingerprint density at radius 1 is 0.438 bits per heavy atom. The third kappa shape index (κ3) is 3.75. The molecular weight excluding hydrogens is 591 g/mol. The van der Waals surface area contributed by atoms with Gasteiger partial charge in [0.1, 0.15) is 11.2 Å². The summed E-state index contributed by atoms with van der Waals surface area (Å²) in [6.07, 6.45) is 0. The standard InChI is InChI=1S/C42H27BN2O3/c46-43(47)36-19-10-18-34-33-17-9-16-29(41(33)48-42(34)36)26-21-24-38-35(25-26)32-23-22-31-30-15-7-8-20-37(30)44(27-11-3-1-4-12-27)39(31)40(32)45(38)28-13-5-2-6-14-28/h1-25,46-47H. The van der Waals surface area contributed by atoms with Crippen LogP contribution in [0.5, 0.6) is 0 Å². The molecule has 0 aliphatic rings. The first-order chi connectivity index (χ1) is 23.7. The van der Waals surface area contributed by atoms with Crippen molar-refractivity contribution in [1.29, 1.82) is 0 Å². The van der Waals surface area contributed by atoms with Crippen molar-refractivity contribution in [3.05, 3.63) is 152 Å². The van der Waals surface area contributed by atoms with E-state index >= 15 is 0 Å². The molecule has 226 valence electrons. The molecule has 7 aromatic carbocycles. The van der Waals surface area contributed by atoms with E-state index in [0.29, 0.717) is 11.0 Å². The van der Waals surface area contributed by atoms with Crippen molar-refractivity contribution in [1.82, 2.24) is 9.13 Å². The van der Waals surface area contributed by atoms with Crippen LogP contribution in [-0.2, 0) is 0 Å². The molecule has 0 saturated heterocycles. The number of furan rings is 1. The number of aromatic nitrogens is 2. The summed E-state index contributed by atoms with van der Waals surface area (Å²) in [5.41, 5.74) is 10.3. The van der Waals surface area contributed by atoms with Crippen LogP contribution in [0.2, 0.25) is 0 Å². The van der Waals surface area contributed by atoms with Crippen LogP contribution in [0.15, 0.2) is 156 Å². The molecule has 0 radical (unpaired) electrons. The quantitative estimate of drug-likeness (QED) is 0.194. The average Bonchev–Trinajstić information content (AvgIpc) is 3.80. The Morgan fingerprint density at radius 2 is 1.00 bits per heavy atom. The number of hydrogen-bond acceptors (Lipinski definition) is 3. The molecule has 0 aliphatic carbocycles. The zero-order valence-electron chi connectivity index (χ0n) is 25.7. The van der Waals surface area contributed by atoms with Crippen molar-refractivity contribution >= 4 is 78.1 Å². The molecule has 6 heteroatoms. The summed E-state index contributed by atoms with van der Waals surface area (Å²) in [6.45, 7) is 0. The second-order valence-electron chi connectivity index (χ2n) is 12.3. The lowest BCUT2D eigenvalue weighted by Gasteiger charge is -2.12. The monoisotopic (exact) mass is 618 g/mol. The van der Waals surface area contributed by atoms with E-state index in [1.807, 2.05) is 24.3 Å². The van der Waals surface area contributed by atoms with Gasteiger partial charge in [-0.3, -0.25) is 0 Å². The fourth-order valence-electron chi connectivity index (χ4n) is 7.68. The molecule has 0 atom stereocenters. The van der Waals surface area contributed by atoms with E-state index in [2.05, 4.69) is 130 Å². The molecule has 3 heterocycles. The first kappa shape index (κ1) is 27.1. The predicted octanol–water partition coefficient (Wildman–Crippen LogP) is 9.13. The Morgan fingerprint density at radius 3 is 1.69 bits per heavy atom. The molecule has 0 saturated carbocycles. The van der Waals surface area contributed by atoms with Crippen molar-refractivity contribution < 1.29 is 14.5 Å². The Labute approximate surface area is 275 Å². The minimum absolute atomic E-state index is 0.355. The van der Waals surface area contributed by atoms with Gasteiger partial charge in [-0.25, -0.2) is 0 Å². The Hall–Kier alpha value is -6.08. The van der Waals surface area contributed by atoms with Gasteiger partial charge in [0.25, 0.3) is 0 Å². The van der Waals surface area contributed by atoms with Gasteiger partial charge in [0, 0.05) is 54.7 Å². The highest BCUT2D eigenvalue weighted by Crippen LogP contribution is 2.43. The van der Waals surface area contributed by atoms with E-state index in [4.69, 9.17) is 4.42 Å². The SMILES string of the molecule is OB(O)c1cccc2c1oc1c(-c3ccc4c(c3)c3ccc5c6ccccc6n(-c6ccccc6)c5c3n4-c3ccccc3)cccc12. The van der Waals surface area contributed by atoms with Gasteiger partial charge in [-0.05, 0) is 48.0 Å². The molecule has 5 nitrogen and oxygen atoms in total.